The molecule has 2 aromatic rings. The van der Waals surface area contributed by atoms with Crippen molar-refractivity contribution in [2.75, 3.05) is 19.7 Å². The van der Waals surface area contributed by atoms with Gasteiger partial charge >= 0.3 is 0 Å². The number of rotatable bonds is 3. The zero-order valence-electron chi connectivity index (χ0n) is 11.5. The molecule has 0 amide bonds. The van der Waals surface area contributed by atoms with Crippen molar-refractivity contribution in [2.24, 2.45) is 0 Å². The van der Waals surface area contributed by atoms with Crippen molar-refractivity contribution in [2.45, 2.75) is 19.7 Å². The van der Waals surface area contributed by atoms with Crippen LogP contribution in [0.4, 0.5) is 0 Å². The standard InChI is InChI=1S/C14H18N4OS/c1-12-9-16(7-8-19-12)11-18-14(20)17(10-15-18)13-5-3-2-4-6-13/h2-6,10,12H,7-9,11H2,1H3. The number of nitrogens with zero attached hydrogens (tertiary/aromatic N) is 4. The van der Waals surface area contributed by atoms with Gasteiger partial charge in [-0.15, -0.1) is 0 Å². The molecule has 20 heavy (non-hydrogen) atoms. The minimum absolute atomic E-state index is 0.272. The van der Waals surface area contributed by atoms with E-state index in [1.807, 2.05) is 39.6 Å². The highest BCUT2D eigenvalue weighted by Gasteiger charge is 2.17. The fraction of sp³-hybridized carbons (Fsp3) is 0.429. The molecule has 0 N–H and O–H groups in total. The summed E-state index contributed by atoms with van der Waals surface area (Å²) >= 11 is 5.51. The van der Waals surface area contributed by atoms with Gasteiger partial charge in [-0.05, 0) is 31.3 Å². The van der Waals surface area contributed by atoms with Crippen molar-refractivity contribution in [3.63, 3.8) is 0 Å². The maximum atomic E-state index is 5.55. The van der Waals surface area contributed by atoms with E-state index in [9.17, 15) is 0 Å². The number of morpholine rings is 1. The number of benzene rings is 1. The number of para-hydroxylation sites is 1. The molecule has 0 bridgehead atoms. The Hall–Kier alpha value is -1.50. The molecule has 2 heterocycles. The summed E-state index contributed by atoms with van der Waals surface area (Å²) in [6.07, 6.45) is 2.05. The van der Waals surface area contributed by atoms with E-state index >= 15 is 0 Å². The number of aromatic nitrogens is 3. The van der Waals surface area contributed by atoms with Gasteiger partial charge in [0.2, 0.25) is 4.77 Å². The molecule has 1 saturated heterocycles. The molecule has 1 fully saturated rings. The Morgan fingerprint density at radius 1 is 1.35 bits per heavy atom. The minimum Gasteiger partial charge on any atom is -0.376 e. The van der Waals surface area contributed by atoms with E-state index in [4.69, 9.17) is 17.0 Å². The topological polar surface area (TPSA) is 35.2 Å². The summed E-state index contributed by atoms with van der Waals surface area (Å²) in [6.45, 7) is 5.42. The summed E-state index contributed by atoms with van der Waals surface area (Å²) in [5.74, 6) is 0. The molecule has 1 aromatic heterocycles. The number of ether oxygens (including phenoxy) is 1. The Bertz CT molecular complexity index is 622. The van der Waals surface area contributed by atoms with Crippen LogP contribution in [0.15, 0.2) is 36.7 Å². The van der Waals surface area contributed by atoms with Gasteiger partial charge in [0.05, 0.1) is 19.4 Å². The Morgan fingerprint density at radius 3 is 2.90 bits per heavy atom. The first-order chi connectivity index (χ1) is 9.74. The maximum absolute atomic E-state index is 5.55. The quantitative estimate of drug-likeness (QED) is 0.811. The zero-order chi connectivity index (χ0) is 13.9. The normalized spacial score (nSPS) is 20.1. The van der Waals surface area contributed by atoms with Crippen LogP contribution in [0.25, 0.3) is 5.69 Å². The van der Waals surface area contributed by atoms with Crippen LogP contribution in [0, 0.1) is 4.77 Å². The summed E-state index contributed by atoms with van der Waals surface area (Å²) in [5.41, 5.74) is 1.04. The summed E-state index contributed by atoms with van der Waals surface area (Å²) in [7, 11) is 0. The van der Waals surface area contributed by atoms with E-state index in [2.05, 4.69) is 16.9 Å². The van der Waals surface area contributed by atoms with Crippen LogP contribution >= 0.6 is 12.2 Å². The third-order valence-corrected chi connectivity index (χ3v) is 3.83. The van der Waals surface area contributed by atoms with Crippen LogP contribution in [0.5, 0.6) is 0 Å². The summed E-state index contributed by atoms with van der Waals surface area (Å²) in [5, 5.41) is 4.40. The predicted molar refractivity (Wildman–Crippen MR) is 79.4 cm³/mol. The van der Waals surface area contributed by atoms with E-state index in [1.54, 1.807) is 6.33 Å². The highest BCUT2D eigenvalue weighted by Crippen LogP contribution is 2.10. The SMILES string of the molecule is CC1CN(Cn2ncn(-c3ccccc3)c2=S)CCO1. The lowest BCUT2D eigenvalue weighted by Gasteiger charge is -2.30. The van der Waals surface area contributed by atoms with Crippen LogP contribution in [0.3, 0.4) is 0 Å². The van der Waals surface area contributed by atoms with Gasteiger partial charge < -0.3 is 4.74 Å². The summed E-state index contributed by atoms with van der Waals surface area (Å²) in [4.78, 5) is 2.31. The molecule has 5 nitrogen and oxygen atoms in total. The third kappa shape index (κ3) is 2.82. The smallest absolute Gasteiger partial charge is 0.203 e. The highest BCUT2D eigenvalue weighted by atomic mass is 32.1. The molecular weight excluding hydrogens is 272 g/mol. The van der Waals surface area contributed by atoms with Gasteiger partial charge in [-0.1, -0.05) is 18.2 Å². The molecule has 0 aliphatic carbocycles. The van der Waals surface area contributed by atoms with E-state index in [0.29, 0.717) is 6.67 Å². The maximum Gasteiger partial charge on any atom is 0.203 e. The largest absolute Gasteiger partial charge is 0.376 e. The van der Waals surface area contributed by atoms with Crippen molar-refractivity contribution < 1.29 is 4.74 Å². The molecule has 106 valence electrons. The molecule has 0 radical (unpaired) electrons. The molecule has 3 rings (SSSR count). The van der Waals surface area contributed by atoms with Gasteiger partial charge in [-0.25, -0.2) is 4.68 Å². The second-order valence-corrected chi connectivity index (χ2v) is 5.38. The van der Waals surface area contributed by atoms with Gasteiger partial charge in [0.1, 0.15) is 6.33 Å². The molecule has 0 saturated carbocycles. The van der Waals surface area contributed by atoms with Gasteiger partial charge in [-0.2, -0.15) is 5.10 Å². The molecule has 1 aliphatic rings. The molecule has 6 heteroatoms. The zero-order valence-corrected chi connectivity index (χ0v) is 12.3. The van der Waals surface area contributed by atoms with Crippen LogP contribution in [0.2, 0.25) is 0 Å². The van der Waals surface area contributed by atoms with Crippen molar-refractivity contribution in [3.8, 4) is 5.69 Å². The molecule has 1 atom stereocenters. The monoisotopic (exact) mass is 290 g/mol. The van der Waals surface area contributed by atoms with E-state index in [-0.39, 0.29) is 6.10 Å². The Labute approximate surface area is 123 Å². The van der Waals surface area contributed by atoms with Gasteiger partial charge in [-0.3, -0.25) is 9.47 Å². The molecule has 1 aromatic carbocycles. The summed E-state index contributed by atoms with van der Waals surface area (Å²) in [6, 6.07) is 10.0. The molecule has 1 aliphatic heterocycles. The number of hydrogen-bond acceptors (Lipinski definition) is 4. The Balaban J connectivity index is 1.79. The third-order valence-electron chi connectivity index (χ3n) is 3.43. The second-order valence-electron chi connectivity index (χ2n) is 5.02. The Kier molecular flexibility index (Phi) is 3.95. The van der Waals surface area contributed by atoms with Crippen molar-refractivity contribution in [3.05, 3.63) is 41.4 Å². The van der Waals surface area contributed by atoms with E-state index < -0.39 is 0 Å². The average Bonchev–Trinajstić information content (AvgIpc) is 2.81. The first-order valence-electron chi connectivity index (χ1n) is 6.78. The second kappa shape index (κ2) is 5.87. The lowest BCUT2D eigenvalue weighted by Crippen LogP contribution is -2.42. The first-order valence-corrected chi connectivity index (χ1v) is 7.19. The molecule has 1 unspecified atom stereocenters. The van der Waals surface area contributed by atoms with Crippen LogP contribution in [-0.2, 0) is 11.4 Å². The summed E-state index contributed by atoms with van der Waals surface area (Å²) < 4.78 is 10.1. The van der Waals surface area contributed by atoms with Gasteiger partial charge in [0.15, 0.2) is 0 Å². The fourth-order valence-electron chi connectivity index (χ4n) is 2.41. The van der Waals surface area contributed by atoms with E-state index in [1.165, 1.54) is 0 Å². The van der Waals surface area contributed by atoms with Crippen molar-refractivity contribution in [1.82, 2.24) is 19.2 Å². The van der Waals surface area contributed by atoms with Crippen molar-refractivity contribution >= 4 is 12.2 Å². The number of hydrogen-bond donors (Lipinski definition) is 0. The lowest BCUT2D eigenvalue weighted by molar-refractivity contribution is -0.0307. The highest BCUT2D eigenvalue weighted by molar-refractivity contribution is 7.71. The van der Waals surface area contributed by atoms with Crippen LogP contribution in [-0.4, -0.2) is 45.0 Å². The molecular formula is C14H18N4OS. The predicted octanol–water partition coefficient (Wildman–Crippen LogP) is 2.08. The lowest BCUT2D eigenvalue weighted by atomic mass is 10.3. The van der Waals surface area contributed by atoms with Crippen LogP contribution in [0.1, 0.15) is 6.92 Å². The first kappa shape index (κ1) is 13.5. The van der Waals surface area contributed by atoms with Crippen LogP contribution < -0.4 is 0 Å². The molecule has 0 spiro atoms. The van der Waals surface area contributed by atoms with Crippen molar-refractivity contribution in [1.29, 1.82) is 0 Å². The van der Waals surface area contributed by atoms with E-state index in [0.717, 1.165) is 30.2 Å². The average molecular weight is 290 g/mol. The minimum atomic E-state index is 0.272. The Morgan fingerprint density at radius 2 is 2.15 bits per heavy atom. The van der Waals surface area contributed by atoms with Gasteiger partial charge in [0.25, 0.3) is 0 Å². The van der Waals surface area contributed by atoms with Gasteiger partial charge in [0, 0.05) is 18.8 Å². The fourth-order valence-corrected chi connectivity index (χ4v) is 2.67.